The van der Waals surface area contributed by atoms with Gasteiger partial charge in [0.2, 0.25) is 5.88 Å². The third-order valence-electron chi connectivity index (χ3n) is 4.33. The summed E-state index contributed by atoms with van der Waals surface area (Å²) in [5.74, 6) is 0.238. The Balaban J connectivity index is 1.71. The van der Waals surface area contributed by atoms with Gasteiger partial charge in [0.1, 0.15) is 0 Å². The first-order valence-electron chi connectivity index (χ1n) is 8.21. The van der Waals surface area contributed by atoms with E-state index in [0.717, 1.165) is 34.1 Å². The molecule has 5 nitrogen and oxygen atoms in total. The van der Waals surface area contributed by atoms with Gasteiger partial charge in [0.25, 0.3) is 0 Å². The molecule has 0 saturated heterocycles. The lowest BCUT2D eigenvalue weighted by Crippen LogP contribution is -2.01. The highest BCUT2D eigenvalue weighted by Crippen LogP contribution is 2.34. The van der Waals surface area contributed by atoms with Gasteiger partial charge in [-0.15, -0.1) is 0 Å². The van der Waals surface area contributed by atoms with E-state index in [-0.39, 0.29) is 5.88 Å². The zero-order valence-corrected chi connectivity index (χ0v) is 13.9. The molecular formula is C20H18N4O. The van der Waals surface area contributed by atoms with E-state index in [2.05, 4.69) is 27.9 Å². The smallest absolute Gasteiger partial charge is 0.201 e. The first-order chi connectivity index (χ1) is 12.2. The van der Waals surface area contributed by atoms with E-state index in [1.165, 1.54) is 5.56 Å². The lowest BCUT2D eigenvalue weighted by atomic mass is 10.1. The lowest BCUT2D eigenvalue weighted by molar-refractivity contribution is 0.422. The highest BCUT2D eigenvalue weighted by atomic mass is 16.3. The van der Waals surface area contributed by atoms with Crippen LogP contribution in [0.5, 0.6) is 5.88 Å². The van der Waals surface area contributed by atoms with Crippen molar-refractivity contribution in [2.75, 3.05) is 0 Å². The number of aryl methyl sites for hydroxylation is 3. The van der Waals surface area contributed by atoms with E-state index < -0.39 is 0 Å². The Kier molecular flexibility index (Phi) is 3.90. The lowest BCUT2D eigenvalue weighted by Gasteiger charge is -2.06. The Morgan fingerprint density at radius 3 is 2.60 bits per heavy atom. The van der Waals surface area contributed by atoms with Crippen LogP contribution in [0.25, 0.3) is 22.0 Å². The van der Waals surface area contributed by atoms with Gasteiger partial charge in [-0.3, -0.25) is 15.0 Å². The van der Waals surface area contributed by atoms with Gasteiger partial charge in [-0.2, -0.15) is 0 Å². The number of hydrogen-bond acceptors (Lipinski definition) is 4. The molecule has 25 heavy (non-hydrogen) atoms. The highest BCUT2D eigenvalue weighted by molar-refractivity contribution is 5.98. The van der Waals surface area contributed by atoms with Crippen molar-refractivity contribution in [3.8, 4) is 17.0 Å². The molecular weight excluding hydrogens is 312 g/mol. The summed E-state index contributed by atoms with van der Waals surface area (Å²) in [4.78, 5) is 12.9. The third-order valence-corrected chi connectivity index (χ3v) is 4.33. The van der Waals surface area contributed by atoms with Crippen molar-refractivity contribution in [2.45, 2.75) is 19.9 Å². The molecule has 0 aliphatic rings. The van der Waals surface area contributed by atoms with Crippen LogP contribution in [0, 0.1) is 6.92 Å². The van der Waals surface area contributed by atoms with Crippen LogP contribution in [0.4, 0.5) is 0 Å². The van der Waals surface area contributed by atoms with Crippen LogP contribution >= 0.6 is 0 Å². The normalized spacial score (nSPS) is 11.1. The molecule has 124 valence electrons. The second-order valence-corrected chi connectivity index (χ2v) is 6.08. The summed E-state index contributed by atoms with van der Waals surface area (Å²) in [7, 11) is 0. The molecule has 0 atom stereocenters. The first-order valence-corrected chi connectivity index (χ1v) is 8.21. The minimum atomic E-state index is 0.238. The number of pyridine rings is 3. The fourth-order valence-electron chi connectivity index (χ4n) is 3.08. The standard InChI is InChI=1S/C20H18N4O/c1-14-2-9-22-16(12-14)6-11-24-13-18-19(20(24)25)17(5-10-23-18)15-3-7-21-8-4-15/h2-5,7-10,12-13,25H,6,11H2,1H3. The van der Waals surface area contributed by atoms with Gasteiger partial charge in [0.15, 0.2) is 0 Å². The zero-order chi connectivity index (χ0) is 17.2. The van der Waals surface area contributed by atoms with E-state index in [4.69, 9.17) is 0 Å². The monoisotopic (exact) mass is 330 g/mol. The Hall–Kier alpha value is -3.21. The van der Waals surface area contributed by atoms with Gasteiger partial charge >= 0.3 is 0 Å². The molecule has 4 aromatic heterocycles. The average Bonchev–Trinajstić information content (AvgIpc) is 2.97. The van der Waals surface area contributed by atoms with Crippen molar-refractivity contribution >= 4 is 10.9 Å². The molecule has 0 radical (unpaired) electrons. The van der Waals surface area contributed by atoms with Crippen molar-refractivity contribution in [3.63, 3.8) is 0 Å². The predicted octanol–water partition coefficient (Wildman–Crippen LogP) is 3.75. The van der Waals surface area contributed by atoms with Crippen LogP contribution in [0.15, 0.2) is 61.3 Å². The van der Waals surface area contributed by atoms with Crippen LogP contribution in [0.1, 0.15) is 11.3 Å². The largest absolute Gasteiger partial charge is 0.494 e. The maximum absolute atomic E-state index is 10.8. The molecule has 4 aromatic rings. The number of aromatic hydroxyl groups is 1. The number of fused-ring (bicyclic) bond motifs is 1. The van der Waals surface area contributed by atoms with E-state index in [1.807, 2.05) is 41.2 Å². The summed E-state index contributed by atoms with van der Waals surface area (Å²) in [6.45, 7) is 2.70. The molecule has 1 N–H and O–H groups in total. The van der Waals surface area contributed by atoms with Gasteiger partial charge in [-0.25, -0.2) is 0 Å². The topological polar surface area (TPSA) is 63.8 Å². The predicted molar refractivity (Wildman–Crippen MR) is 97.3 cm³/mol. The molecule has 0 fully saturated rings. The molecule has 0 aliphatic carbocycles. The third kappa shape index (κ3) is 2.96. The summed E-state index contributed by atoms with van der Waals surface area (Å²) in [5.41, 5.74) is 4.95. The summed E-state index contributed by atoms with van der Waals surface area (Å²) in [6.07, 6.45) is 9.73. The fourth-order valence-corrected chi connectivity index (χ4v) is 3.08. The van der Waals surface area contributed by atoms with E-state index in [0.29, 0.717) is 6.54 Å². The van der Waals surface area contributed by atoms with Gasteiger partial charge in [0.05, 0.1) is 10.9 Å². The van der Waals surface area contributed by atoms with Crippen LogP contribution in [0.2, 0.25) is 0 Å². The molecule has 0 aliphatic heterocycles. The van der Waals surface area contributed by atoms with Crippen molar-refractivity contribution in [3.05, 3.63) is 72.6 Å². The van der Waals surface area contributed by atoms with Crippen LogP contribution < -0.4 is 0 Å². The maximum Gasteiger partial charge on any atom is 0.201 e. The first kappa shape index (κ1) is 15.3. The summed E-state index contributed by atoms with van der Waals surface area (Å²) >= 11 is 0. The molecule has 0 bridgehead atoms. The molecule has 0 amide bonds. The van der Waals surface area contributed by atoms with Crippen molar-refractivity contribution in [1.29, 1.82) is 0 Å². The van der Waals surface area contributed by atoms with Crippen LogP contribution in [0.3, 0.4) is 0 Å². The minimum absolute atomic E-state index is 0.238. The number of nitrogens with zero attached hydrogens (tertiary/aromatic N) is 4. The molecule has 0 unspecified atom stereocenters. The quantitative estimate of drug-likeness (QED) is 0.619. The second-order valence-electron chi connectivity index (χ2n) is 6.08. The Bertz CT molecular complexity index is 1020. The minimum Gasteiger partial charge on any atom is -0.494 e. The molecule has 0 spiro atoms. The van der Waals surface area contributed by atoms with Crippen molar-refractivity contribution in [1.82, 2.24) is 19.5 Å². The van der Waals surface area contributed by atoms with Crippen LogP contribution in [-0.2, 0) is 13.0 Å². The molecule has 0 aromatic carbocycles. The van der Waals surface area contributed by atoms with E-state index >= 15 is 0 Å². The zero-order valence-electron chi connectivity index (χ0n) is 13.9. The van der Waals surface area contributed by atoms with Crippen LogP contribution in [-0.4, -0.2) is 24.6 Å². The summed E-state index contributed by atoms with van der Waals surface area (Å²) in [6, 6.07) is 9.84. The van der Waals surface area contributed by atoms with Gasteiger partial charge in [-0.05, 0) is 53.9 Å². The van der Waals surface area contributed by atoms with Gasteiger partial charge in [0, 0.05) is 49.6 Å². The highest BCUT2D eigenvalue weighted by Gasteiger charge is 2.14. The average molecular weight is 330 g/mol. The molecule has 0 saturated carbocycles. The summed E-state index contributed by atoms with van der Waals surface area (Å²) < 4.78 is 1.84. The Labute approximate surface area is 145 Å². The molecule has 4 rings (SSSR count). The second kappa shape index (κ2) is 6.36. The molecule has 5 heteroatoms. The SMILES string of the molecule is Cc1ccnc(CCn2cc3nccc(-c4ccncc4)c3c2O)c1. The van der Waals surface area contributed by atoms with E-state index in [9.17, 15) is 5.11 Å². The number of hydrogen-bond donors (Lipinski definition) is 1. The Morgan fingerprint density at radius 1 is 1.00 bits per heavy atom. The summed E-state index contributed by atoms with van der Waals surface area (Å²) in [5, 5.41) is 11.5. The van der Waals surface area contributed by atoms with Crippen molar-refractivity contribution in [2.24, 2.45) is 0 Å². The Morgan fingerprint density at radius 2 is 1.80 bits per heavy atom. The van der Waals surface area contributed by atoms with Gasteiger partial charge in [-0.1, -0.05) is 0 Å². The van der Waals surface area contributed by atoms with Gasteiger partial charge < -0.3 is 9.67 Å². The molecule has 4 heterocycles. The van der Waals surface area contributed by atoms with E-state index in [1.54, 1.807) is 18.6 Å². The maximum atomic E-state index is 10.8. The number of rotatable bonds is 4. The van der Waals surface area contributed by atoms with Crippen molar-refractivity contribution < 1.29 is 5.11 Å². The fraction of sp³-hybridized carbons (Fsp3) is 0.150. The number of aromatic nitrogens is 4.